The predicted molar refractivity (Wildman–Crippen MR) is 351 cm³/mol. The molecule has 2 rings (SSSR count). The van der Waals surface area contributed by atoms with Gasteiger partial charge in [0.05, 0.1) is 12.6 Å². The van der Waals surface area contributed by atoms with Crippen LogP contribution in [0.3, 0.4) is 0 Å². The molecule has 26 heteroatoms. The molecule has 0 saturated carbocycles. The lowest BCUT2D eigenvalue weighted by Gasteiger charge is -2.41. The summed E-state index contributed by atoms with van der Waals surface area (Å²) in [4.78, 5) is 189. The fourth-order valence-corrected chi connectivity index (χ4v) is 11.0. The largest absolute Gasteiger partial charge is 0.390 e. The predicted octanol–water partition coefficient (Wildman–Crippen LogP) is 2.47. The van der Waals surface area contributed by atoms with E-state index in [4.69, 9.17) is 0 Å². The lowest BCUT2D eigenvalue weighted by atomic mass is 9.91. The van der Waals surface area contributed by atoms with E-state index in [1.165, 1.54) is 99.8 Å². The van der Waals surface area contributed by atoms with Crippen LogP contribution in [0.4, 0.5) is 0 Å². The van der Waals surface area contributed by atoms with Gasteiger partial charge in [0, 0.05) is 61.5 Å². The number of amides is 13. The molecule has 0 aromatic heterocycles. The molecule has 0 aliphatic carbocycles. The Bertz CT molecular complexity index is 2620. The second kappa shape index (κ2) is 38.1. The Morgan fingerprint density at radius 1 is 0.467 bits per heavy atom. The molecule has 1 saturated heterocycles. The Hall–Kier alpha value is -7.25. The highest BCUT2D eigenvalue weighted by Gasteiger charge is 2.46. The third kappa shape index (κ3) is 24.0. The van der Waals surface area contributed by atoms with E-state index in [0.717, 1.165) is 9.80 Å². The summed E-state index contributed by atoms with van der Waals surface area (Å²) in [7, 11) is 9.92. The highest BCUT2D eigenvalue weighted by atomic mass is 16.3. The van der Waals surface area contributed by atoms with Crippen LogP contribution in [0, 0.1) is 41.4 Å². The molecule has 2 aliphatic rings. The number of imide groups is 1. The minimum absolute atomic E-state index is 0.0229. The van der Waals surface area contributed by atoms with Crippen molar-refractivity contribution in [1.82, 2.24) is 60.9 Å². The molecule has 0 radical (unpaired) electrons. The van der Waals surface area contributed by atoms with Crippen molar-refractivity contribution in [2.45, 2.75) is 223 Å². The topological polar surface area (TPSA) is 325 Å². The number of carbonyl (C=O) groups is 13. The van der Waals surface area contributed by atoms with E-state index in [1.54, 1.807) is 54.5 Å². The van der Waals surface area contributed by atoms with E-state index in [9.17, 15) is 57.8 Å². The number of nitrogens with one attached hydrogen (secondary N) is 5. The van der Waals surface area contributed by atoms with Crippen molar-refractivity contribution in [2.75, 3.05) is 55.9 Å². The number of nitrogens with zero attached hydrogens (tertiary/aromatic N) is 7. The smallest absolute Gasteiger partial charge is 0.250 e. The lowest BCUT2D eigenvalue weighted by molar-refractivity contribution is -0.157. The van der Waals surface area contributed by atoms with Gasteiger partial charge in [-0.1, -0.05) is 109 Å². The van der Waals surface area contributed by atoms with Crippen LogP contribution in [-0.2, 0) is 62.3 Å². The molecule has 13 amide bonds. The van der Waals surface area contributed by atoms with Crippen LogP contribution >= 0.6 is 0 Å². The van der Waals surface area contributed by atoms with E-state index in [2.05, 4.69) is 21.3 Å². The summed E-state index contributed by atoms with van der Waals surface area (Å²) in [6.07, 6.45) is 5.44. The molecular formula is C66H114N12O14. The van der Waals surface area contributed by atoms with Crippen molar-refractivity contribution < 1.29 is 67.4 Å². The first-order valence-corrected chi connectivity index (χ1v) is 32.4. The van der Waals surface area contributed by atoms with Crippen LogP contribution in [0.25, 0.3) is 0 Å². The molecule has 0 unspecified atom stereocenters. The zero-order valence-corrected chi connectivity index (χ0v) is 59.5. The van der Waals surface area contributed by atoms with E-state index in [1.807, 2.05) is 66.8 Å². The third-order valence-electron chi connectivity index (χ3n) is 16.7. The van der Waals surface area contributed by atoms with Crippen molar-refractivity contribution in [3.05, 3.63) is 24.3 Å². The van der Waals surface area contributed by atoms with Crippen LogP contribution < -0.4 is 26.6 Å². The van der Waals surface area contributed by atoms with Gasteiger partial charge in [-0.3, -0.25) is 67.6 Å². The molecule has 522 valence electrons. The first kappa shape index (κ1) is 82.8. The van der Waals surface area contributed by atoms with Crippen LogP contribution in [0.1, 0.15) is 156 Å². The number of aliphatic hydroxyl groups excluding tert-OH is 1. The zero-order valence-electron chi connectivity index (χ0n) is 59.5. The summed E-state index contributed by atoms with van der Waals surface area (Å²) in [5.74, 6) is -10.4. The van der Waals surface area contributed by atoms with Gasteiger partial charge in [0.2, 0.25) is 65.0 Å². The molecule has 0 bridgehead atoms. The maximum absolute atomic E-state index is 15.1. The maximum atomic E-state index is 15.1. The van der Waals surface area contributed by atoms with E-state index in [-0.39, 0.29) is 67.6 Å². The van der Waals surface area contributed by atoms with Crippen molar-refractivity contribution in [2.24, 2.45) is 41.4 Å². The number of hydrogen-bond donors (Lipinski definition) is 6. The molecule has 0 spiro atoms. The van der Waals surface area contributed by atoms with Crippen molar-refractivity contribution in [3.63, 3.8) is 0 Å². The number of carbonyl (C=O) groups excluding carboxylic acids is 13. The van der Waals surface area contributed by atoms with Crippen molar-refractivity contribution in [3.8, 4) is 0 Å². The number of aliphatic hydroxyl groups is 1. The molecule has 2 heterocycles. The maximum Gasteiger partial charge on any atom is 0.250 e. The molecule has 1 fully saturated rings. The molecule has 6 N–H and O–H groups in total. The highest BCUT2D eigenvalue weighted by molar-refractivity contribution is 6.13. The van der Waals surface area contributed by atoms with Gasteiger partial charge in [-0.2, -0.15) is 0 Å². The van der Waals surface area contributed by atoms with Gasteiger partial charge in [-0.25, -0.2) is 0 Å². The van der Waals surface area contributed by atoms with Gasteiger partial charge in [0.1, 0.15) is 60.4 Å². The number of allylic oxidation sites excluding steroid dienone is 2. The highest BCUT2D eigenvalue weighted by Crippen LogP contribution is 2.26. The Balaban J connectivity index is 0.00000562. The summed E-state index contributed by atoms with van der Waals surface area (Å²) in [6, 6.07) is -12.3. The van der Waals surface area contributed by atoms with Crippen LogP contribution in [0.5, 0.6) is 0 Å². The molecular weight excluding hydrogens is 1180 g/mol. The van der Waals surface area contributed by atoms with E-state index < -0.39 is 156 Å². The van der Waals surface area contributed by atoms with Gasteiger partial charge < -0.3 is 60.7 Å². The fraction of sp³-hybridized carbons (Fsp3) is 0.742. The van der Waals surface area contributed by atoms with E-state index in [0.29, 0.717) is 6.42 Å². The van der Waals surface area contributed by atoms with Gasteiger partial charge in [0.25, 0.3) is 11.8 Å². The molecule has 2 aliphatic heterocycles. The second-order valence-electron chi connectivity index (χ2n) is 27.3. The van der Waals surface area contributed by atoms with E-state index >= 15 is 9.59 Å². The number of likely N-dealkylation sites (N-methyl/N-ethyl adjacent to an activating group) is 7. The average Bonchev–Trinajstić information content (AvgIpc) is 0.912. The lowest BCUT2D eigenvalue weighted by Crippen LogP contribution is -2.63. The number of rotatable bonds is 15. The Morgan fingerprint density at radius 3 is 1.30 bits per heavy atom. The summed E-state index contributed by atoms with van der Waals surface area (Å²) in [6.45, 7) is 29.3. The molecule has 0 aromatic carbocycles. The molecule has 0 aromatic rings. The summed E-state index contributed by atoms with van der Waals surface area (Å²) in [5, 5.41) is 25.1. The minimum atomic E-state index is -1.61. The molecule has 92 heavy (non-hydrogen) atoms. The van der Waals surface area contributed by atoms with Gasteiger partial charge in [0.15, 0.2) is 0 Å². The Labute approximate surface area is 547 Å². The summed E-state index contributed by atoms with van der Waals surface area (Å²) in [5.41, 5.74) is 0. The zero-order chi connectivity index (χ0) is 71.3. The fourth-order valence-electron chi connectivity index (χ4n) is 11.0. The first-order valence-electron chi connectivity index (χ1n) is 32.4. The van der Waals surface area contributed by atoms with Crippen LogP contribution in [-0.4, -0.2) is 239 Å². The standard InChI is InChI=1S/C62H111N11O12.C4H3NO2/c1-25-27-28-40(15)52(75)51-56(79)65-43(26-2)58(81)67(18)33-48(74)68(19)44(29-34(3)4)55(78)66-49(38(11)12)61(84)69(20)45(30-35(5)6)54(77)63-41(16)53(76)64-42(17)57(80)70(21)46(31-36(7)8)59(82)71(22)47(32-37(9)10)60(83)72(23)50(39(13)14)62(85)73(51)24;6-3-1-2-4(7)5-3/h25,27,34-47,49-52,75H,26,28-33H2,1-24H3,(H,63,77)(H,64,76)(H,65,79)(H,66,78);1-2H,(H,5,6,7)/b27-25+;/t40-,41+,42-,43+,44+,45+,46+,47+,49+,50+,51+,52-;/m1./s1. The minimum Gasteiger partial charge on any atom is -0.390 e. The van der Waals surface area contributed by atoms with Gasteiger partial charge in [-0.15, -0.1) is 0 Å². The van der Waals surface area contributed by atoms with Gasteiger partial charge >= 0.3 is 0 Å². The SMILES string of the molecule is C/C=C/C[C@@H](C)[C@@H](O)[C@H]1C(=O)N[C@@H](CC)C(=O)N(C)CC(=O)N(C)[C@@H](CC(C)C)C(=O)N[C@@H](C(C)C)C(=O)N(C)[C@@H](CC(C)C)C(=O)N[C@@H](C)C(=O)N[C@H](C)C(=O)N(C)[C@@H](CC(C)C)C(=O)N(C)[C@@H](CC(C)C)C(=O)N(C)[C@@H](C(C)C)C(=O)N1C.O=C1C=CC(=O)N1. The van der Waals surface area contributed by atoms with Crippen LogP contribution in [0.15, 0.2) is 24.3 Å². The number of hydrogen-bond acceptors (Lipinski definition) is 14. The normalized spacial score (nSPS) is 26.2. The average molecular weight is 1300 g/mol. The molecule has 12 atom stereocenters. The monoisotopic (exact) mass is 1300 g/mol. The Kier molecular flexibility index (Phi) is 34.2. The third-order valence-corrected chi connectivity index (χ3v) is 16.7. The van der Waals surface area contributed by atoms with Gasteiger partial charge in [-0.05, 0) is 101 Å². The summed E-state index contributed by atoms with van der Waals surface area (Å²) >= 11 is 0. The second-order valence-corrected chi connectivity index (χ2v) is 27.3. The molecule has 26 nitrogen and oxygen atoms in total. The quantitative estimate of drug-likeness (QED) is 0.101. The summed E-state index contributed by atoms with van der Waals surface area (Å²) < 4.78 is 0. The van der Waals surface area contributed by atoms with Crippen molar-refractivity contribution in [1.29, 1.82) is 0 Å². The first-order chi connectivity index (χ1) is 42.5. The Morgan fingerprint density at radius 2 is 0.880 bits per heavy atom. The van der Waals surface area contributed by atoms with Crippen LogP contribution in [0.2, 0.25) is 0 Å². The van der Waals surface area contributed by atoms with Crippen molar-refractivity contribution >= 4 is 76.8 Å².